The van der Waals surface area contributed by atoms with Gasteiger partial charge in [0, 0.05) is 43.0 Å². The molecule has 4 rings (SSSR count). The van der Waals surface area contributed by atoms with Crippen LogP contribution in [0.3, 0.4) is 0 Å². The topological polar surface area (TPSA) is 62.3 Å². The molecule has 8 heteroatoms. The van der Waals surface area contributed by atoms with Gasteiger partial charge in [-0.15, -0.1) is 10.2 Å². The molecule has 1 aromatic heterocycles. The lowest BCUT2D eigenvalue weighted by atomic mass is 9.79. The normalized spacial score (nSPS) is 22.3. The number of piperidine rings is 1. The van der Waals surface area contributed by atoms with E-state index in [1.54, 1.807) is 18.4 Å². The number of nitrogens with zero attached hydrogens (tertiary/aromatic N) is 3. The minimum absolute atomic E-state index is 0.0771. The number of hydrogen-bond donors (Lipinski definition) is 2. The van der Waals surface area contributed by atoms with Gasteiger partial charge in [-0.2, -0.15) is 0 Å². The summed E-state index contributed by atoms with van der Waals surface area (Å²) in [5.41, 5.74) is 3.15. The zero-order valence-electron chi connectivity index (χ0n) is 19.6. The molecule has 1 fully saturated rings. The molecule has 2 N–H and O–H groups in total. The minimum atomic E-state index is -0.0959. The first-order valence-corrected chi connectivity index (χ1v) is 12.1. The summed E-state index contributed by atoms with van der Waals surface area (Å²) in [4.78, 5) is 2.28. The van der Waals surface area contributed by atoms with Crippen molar-refractivity contribution in [3.05, 3.63) is 47.1 Å². The van der Waals surface area contributed by atoms with Crippen molar-refractivity contribution < 1.29 is 4.74 Å². The lowest BCUT2D eigenvalue weighted by molar-refractivity contribution is 0.124. The number of allylic oxidation sites excluding steroid dienone is 2. The van der Waals surface area contributed by atoms with Gasteiger partial charge in [0.1, 0.15) is 6.23 Å². The first kappa shape index (κ1) is 23.2. The zero-order valence-corrected chi connectivity index (χ0v) is 21.1. The van der Waals surface area contributed by atoms with Crippen LogP contribution in [0.4, 0.5) is 5.13 Å². The molecule has 0 saturated carbocycles. The summed E-state index contributed by atoms with van der Waals surface area (Å²) in [5.74, 6) is 0. The van der Waals surface area contributed by atoms with Crippen molar-refractivity contribution in [2.24, 2.45) is 0 Å². The second-order valence-electron chi connectivity index (χ2n) is 9.93. The van der Waals surface area contributed by atoms with Crippen LogP contribution in [0.5, 0.6) is 0 Å². The van der Waals surface area contributed by atoms with Gasteiger partial charge in [0.25, 0.3) is 0 Å². The Morgan fingerprint density at radius 2 is 1.88 bits per heavy atom. The first-order valence-electron chi connectivity index (χ1n) is 10.9. The highest BCUT2D eigenvalue weighted by Crippen LogP contribution is 2.38. The van der Waals surface area contributed by atoms with Crippen LogP contribution in [0.15, 0.2) is 36.6 Å². The van der Waals surface area contributed by atoms with Crippen LogP contribution in [-0.4, -0.2) is 47.7 Å². The van der Waals surface area contributed by atoms with Crippen molar-refractivity contribution in [1.29, 1.82) is 0 Å². The van der Waals surface area contributed by atoms with Crippen LogP contribution >= 0.6 is 22.9 Å². The third kappa shape index (κ3) is 5.01. The molecule has 1 aromatic carbocycles. The molecule has 0 bridgehead atoms. The highest BCUT2D eigenvalue weighted by atomic mass is 35.5. The molecule has 2 aliphatic rings. The summed E-state index contributed by atoms with van der Waals surface area (Å²) in [5, 5.41) is 18.3. The number of benzene rings is 1. The Bertz CT molecular complexity index is 1030. The lowest BCUT2D eigenvalue weighted by Crippen LogP contribution is -2.61. The van der Waals surface area contributed by atoms with Gasteiger partial charge < -0.3 is 20.3 Å². The number of hydrogen-bond acceptors (Lipinski definition) is 7. The fraction of sp³-hybridized carbons (Fsp3) is 0.500. The Morgan fingerprint density at radius 3 is 2.47 bits per heavy atom. The molecule has 32 heavy (non-hydrogen) atoms. The maximum atomic E-state index is 6.67. The van der Waals surface area contributed by atoms with E-state index >= 15 is 0 Å². The Hall–Kier alpha value is -1.93. The number of dihydropyridines is 1. The molecule has 0 amide bonds. The van der Waals surface area contributed by atoms with E-state index in [1.165, 1.54) is 0 Å². The quantitative estimate of drug-likeness (QED) is 0.631. The number of methoxy groups -OCH3 is 1. The second kappa shape index (κ2) is 8.78. The van der Waals surface area contributed by atoms with Gasteiger partial charge >= 0.3 is 0 Å². The molecular weight excluding hydrogens is 442 g/mol. The average Bonchev–Trinajstić information content (AvgIpc) is 3.21. The number of ether oxygens (including phenoxy) is 1. The number of anilines is 1. The van der Waals surface area contributed by atoms with Crippen molar-refractivity contribution in [2.75, 3.05) is 19.1 Å². The molecule has 1 saturated heterocycles. The van der Waals surface area contributed by atoms with Crippen molar-refractivity contribution >= 4 is 33.6 Å². The van der Waals surface area contributed by atoms with Gasteiger partial charge in [0.2, 0.25) is 5.13 Å². The van der Waals surface area contributed by atoms with Crippen molar-refractivity contribution in [1.82, 2.24) is 20.8 Å². The Kier molecular flexibility index (Phi) is 6.38. The third-order valence-electron chi connectivity index (χ3n) is 6.07. The molecule has 0 aliphatic carbocycles. The molecule has 0 spiro atoms. The Morgan fingerprint density at radius 1 is 1.16 bits per heavy atom. The summed E-state index contributed by atoms with van der Waals surface area (Å²) in [6.45, 7) is 9.07. The zero-order chi connectivity index (χ0) is 23.1. The monoisotopic (exact) mass is 473 g/mol. The van der Waals surface area contributed by atoms with E-state index in [1.807, 2.05) is 30.5 Å². The van der Waals surface area contributed by atoms with Gasteiger partial charge in [-0.05, 0) is 69.9 Å². The van der Waals surface area contributed by atoms with Gasteiger partial charge in [-0.1, -0.05) is 35.1 Å². The van der Waals surface area contributed by atoms with Crippen LogP contribution in [0, 0.1) is 0 Å². The van der Waals surface area contributed by atoms with Crippen molar-refractivity contribution in [3.63, 3.8) is 0 Å². The fourth-order valence-corrected chi connectivity index (χ4v) is 6.07. The first-order chi connectivity index (χ1) is 15.1. The molecular formula is C24H32ClN5OS. The predicted octanol–water partition coefficient (Wildman–Crippen LogP) is 5.08. The van der Waals surface area contributed by atoms with E-state index in [0.29, 0.717) is 11.1 Å². The standard InChI is InChI=1S/C24H32ClN5OS/c1-23(2)12-17(13-24(3,4)29-23)30(5)22-28-27-21(32-22)18-9-7-15(11-19(18)25)16-8-10-20(31-6)26-14-16/h7-11,14,17,20,26,29H,12-13H2,1-6H3. The van der Waals surface area contributed by atoms with E-state index in [-0.39, 0.29) is 17.3 Å². The van der Waals surface area contributed by atoms with Crippen LogP contribution in [0.1, 0.15) is 46.1 Å². The SMILES string of the molecule is COC1C=CC(c2ccc(-c3nnc(N(C)C4CC(C)(C)NC(C)(C)C4)s3)c(Cl)c2)=CN1. The van der Waals surface area contributed by atoms with Crippen LogP contribution in [-0.2, 0) is 4.74 Å². The molecule has 0 radical (unpaired) electrons. The molecule has 172 valence electrons. The Balaban J connectivity index is 1.52. The fourth-order valence-electron chi connectivity index (χ4n) is 4.83. The lowest BCUT2D eigenvalue weighted by Gasteiger charge is -2.48. The van der Waals surface area contributed by atoms with E-state index in [2.05, 4.69) is 66.5 Å². The molecule has 6 nitrogen and oxygen atoms in total. The molecule has 3 heterocycles. The summed E-state index contributed by atoms with van der Waals surface area (Å²) >= 11 is 8.26. The minimum Gasteiger partial charge on any atom is -0.362 e. The van der Waals surface area contributed by atoms with Crippen molar-refractivity contribution in [3.8, 4) is 10.6 Å². The number of halogens is 1. The highest BCUT2D eigenvalue weighted by molar-refractivity contribution is 7.18. The summed E-state index contributed by atoms with van der Waals surface area (Å²) in [6, 6.07) is 6.46. The van der Waals surface area contributed by atoms with Crippen LogP contribution in [0.25, 0.3) is 16.1 Å². The number of nitrogens with one attached hydrogen (secondary N) is 2. The van der Waals surface area contributed by atoms with Crippen LogP contribution < -0.4 is 15.5 Å². The number of rotatable bonds is 5. The van der Waals surface area contributed by atoms with E-state index in [4.69, 9.17) is 16.3 Å². The van der Waals surface area contributed by atoms with Gasteiger partial charge in [-0.3, -0.25) is 0 Å². The average molecular weight is 474 g/mol. The summed E-state index contributed by atoms with van der Waals surface area (Å²) < 4.78 is 5.27. The maximum absolute atomic E-state index is 6.67. The largest absolute Gasteiger partial charge is 0.362 e. The Labute approximate surface area is 199 Å². The van der Waals surface area contributed by atoms with Crippen molar-refractivity contribution in [2.45, 2.75) is 63.9 Å². The molecule has 2 aromatic rings. The third-order valence-corrected chi connectivity index (χ3v) is 7.43. The highest BCUT2D eigenvalue weighted by Gasteiger charge is 2.39. The van der Waals surface area contributed by atoms with E-state index < -0.39 is 0 Å². The second-order valence-corrected chi connectivity index (χ2v) is 11.3. The van der Waals surface area contributed by atoms with E-state index in [0.717, 1.165) is 39.7 Å². The number of aromatic nitrogens is 2. The molecule has 1 unspecified atom stereocenters. The molecule has 1 atom stereocenters. The predicted molar refractivity (Wildman–Crippen MR) is 134 cm³/mol. The van der Waals surface area contributed by atoms with Gasteiger partial charge in [-0.25, -0.2) is 0 Å². The maximum Gasteiger partial charge on any atom is 0.208 e. The van der Waals surface area contributed by atoms with Gasteiger partial charge in [0.05, 0.1) is 5.02 Å². The van der Waals surface area contributed by atoms with Gasteiger partial charge in [0.15, 0.2) is 5.01 Å². The van der Waals surface area contributed by atoms with Crippen LogP contribution in [0.2, 0.25) is 5.02 Å². The summed E-state index contributed by atoms with van der Waals surface area (Å²) in [7, 11) is 3.80. The molecule has 2 aliphatic heterocycles. The smallest absolute Gasteiger partial charge is 0.208 e. The summed E-state index contributed by atoms with van der Waals surface area (Å²) in [6.07, 6.45) is 7.97. The van der Waals surface area contributed by atoms with E-state index in [9.17, 15) is 0 Å².